The van der Waals surface area contributed by atoms with E-state index in [1.165, 1.54) is 0 Å². The zero-order valence-corrected chi connectivity index (χ0v) is 19.4. The van der Waals surface area contributed by atoms with Gasteiger partial charge in [0, 0.05) is 0 Å². The van der Waals surface area contributed by atoms with Gasteiger partial charge in [0.1, 0.15) is 0 Å². The van der Waals surface area contributed by atoms with E-state index in [4.69, 9.17) is 9.47 Å². The van der Waals surface area contributed by atoms with E-state index in [0.717, 1.165) is 11.1 Å². The van der Waals surface area contributed by atoms with Crippen molar-refractivity contribution in [2.24, 2.45) is 0 Å². The molecule has 1 aliphatic rings. The van der Waals surface area contributed by atoms with Crippen LogP contribution < -0.4 is 0 Å². The molecule has 6 heteroatoms. The molecule has 4 atom stereocenters. The van der Waals surface area contributed by atoms with Crippen molar-refractivity contribution < 1.29 is 19.4 Å². The van der Waals surface area contributed by atoms with Crippen LogP contribution in [0, 0.1) is 0 Å². The number of carbonyl (C=O) groups is 1. The van der Waals surface area contributed by atoms with Gasteiger partial charge in [0.25, 0.3) is 0 Å². The summed E-state index contributed by atoms with van der Waals surface area (Å²) in [5.74, 6) is -0.350. The minimum atomic E-state index is -1.12. The van der Waals surface area contributed by atoms with Crippen LogP contribution in [-0.4, -0.2) is 48.4 Å². The summed E-state index contributed by atoms with van der Waals surface area (Å²) < 4.78 is 12.4. The summed E-state index contributed by atoms with van der Waals surface area (Å²) in [6.07, 6.45) is -2.52. The van der Waals surface area contributed by atoms with Gasteiger partial charge < -0.3 is 0 Å². The number of ether oxygens (including phenoxy) is 2. The van der Waals surface area contributed by atoms with Crippen LogP contribution in [0.4, 0.5) is 0 Å². The topological polar surface area (TPSA) is 59.0 Å². The Morgan fingerprint density at radius 1 is 1.00 bits per heavy atom. The van der Waals surface area contributed by atoms with E-state index in [-0.39, 0.29) is 24.7 Å². The summed E-state index contributed by atoms with van der Waals surface area (Å²) in [5, 5.41) is 11.1. The van der Waals surface area contributed by atoms with Crippen molar-refractivity contribution in [3.63, 3.8) is 0 Å². The predicted octanol–water partition coefficient (Wildman–Crippen LogP) is 3.55. The number of hydrogen-bond donors (Lipinski definition) is 1. The molecule has 3 aromatic carbocycles. The molecular weight excluding hydrogens is 469 g/mol. The Morgan fingerprint density at radius 2 is 1.56 bits per heavy atom. The standard InChI is InChI=1S/C26H25NO4Se/c1-18-23(21-15-9-4-10-16-21)31-26(32)27(18)25(29)24(22(28)20-13-7-3-8-14-20)30-17-19-11-5-2-6-12-19/h2-16,18,22-24,28H,17H2,1H3/t18-,22?,23-,24?/m0/s1. The van der Waals surface area contributed by atoms with Gasteiger partial charge in [0.15, 0.2) is 0 Å². The molecule has 5 nitrogen and oxygen atoms in total. The number of aliphatic hydroxyl groups is 1. The van der Waals surface area contributed by atoms with Gasteiger partial charge in [-0.1, -0.05) is 0 Å². The van der Waals surface area contributed by atoms with Crippen molar-refractivity contribution in [3.05, 3.63) is 108 Å². The molecule has 32 heavy (non-hydrogen) atoms. The summed E-state index contributed by atoms with van der Waals surface area (Å²) in [6.45, 7) is 2.14. The molecule has 2 unspecified atom stereocenters. The third-order valence-corrected chi connectivity index (χ3v) is 6.19. The van der Waals surface area contributed by atoms with Gasteiger partial charge in [0.2, 0.25) is 0 Å². The monoisotopic (exact) mass is 495 g/mol. The average molecular weight is 494 g/mol. The average Bonchev–Trinajstić information content (AvgIpc) is 3.14. The van der Waals surface area contributed by atoms with E-state index >= 15 is 0 Å². The molecule has 0 aromatic heterocycles. The fraction of sp³-hybridized carbons (Fsp3) is 0.231. The van der Waals surface area contributed by atoms with E-state index < -0.39 is 12.2 Å². The van der Waals surface area contributed by atoms with Gasteiger partial charge in [-0.05, 0) is 0 Å². The van der Waals surface area contributed by atoms with Crippen LogP contribution in [0.1, 0.15) is 35.8 Å². The Kier molecular flexibility index (Phi) is 7.18. The maximum absolute atomic E-state index is 13.7. The number of carbonyl (C=O) groups excluding carboxylic acids is 1. The molecule has 1 saturated heterocycles. The van der Waals surface area contributed by atoms with E-state index in [1.807, 2.05) is 85.8 Å². The molecule has 1 fully saturated rings. The first kappa shape index (κ1) is 22.4. The first-order valence-corrected chi connectivity index (χ1v) is 11.4. The second kappa shape index (κ2) is 10.2. The van der Waals surface area contributed by atoms with E-state index in [2.05, 4.69) is 15.6 Å². The van der Waals surface area contributed by atoms with Gasteiger partial charge >= 0.3 is 196 Å². The summed E-state index contributed by atoms with van der Waals surface area (Å²) in [6, 6.07) is 28.2. The fourth-order valence-electron chi connectivity index (χ4n) is 3.87. The Bertz CT molecular complexity index is 1050. The second-order valence-corrected chi connectivity index (χ2v) is 8.47. The molecule has 1 amide bonds. The number of rotatable bonds is 7. The van der Waals surface area contributed by atoms with Crippen molar-refractivity contribution in [1.29, 1.82) is 0 Å². The van der Waals surface area contributed by atoms with Crippen LogP contribution in [0.2, 0.25) is 0 Å². The minimum absolute atomic E-state index is 0.203. The van der Waals surface area contributed by atoms with Gasteiger partial charge in [-0.25, -0.2) is 0 Å². The zero-order valence-electron chi connectivity index (χ0n) is 17.7. The quantitative estimate of drug-likeness (QED) is 0.511. The second-order valence-electron chi connectivity index (χ2n) is 7.74. The first-order chi connectivity index (χ1) is 15.6. The van der Waals surface area contributed by atoms with Crippen LogP contribution in [-0.2, 0) is 20.9 Å². The van der Waals surface area contributed by atoms with Gasteiger partial charge in [-0.3, -0.25) is 0 Å². The van der Waals surface area contributed by atoms with Crippen molar-refractivity contribution in [2.45, 2.75) is 37.9 Å². The molecule has 0 bridgehead atoms. The summed E-state index contributed by atoms with van der Waals surface area (Å²) in [5.41, 5.74) is 2.52. The molecule has 0 aliphatic carbocycles. The number of amides is 1. The number of nitrogens with zero attached hydrogens (tertiary/aromatic N) is 1. The van der Waals surface area contributed by atoms with Gasteiger partial charge in [0.05, 0.1) is 0 Å². The molecule has 164 valence electrons. The number of hydrogen-bond acceptors (Lipinski definition) is 4. The van der Waals surface area contributed by atoms with Gasteiger partial charge in [-0.15, -0.1) is 0 Å². The summed E-state index contributed by atoms with van der Waals surface area (Å²) in [7, 11) is 0. The zero-order chi connectivity index (χ0) is 22.5. The van der Waals surface area contributed by atoms with Crippen LogP contribution in [0.5, 0.6) is 0 Å². The van der Waals surface area contributed by atoms with Crippen molar-refractivity contribution in [2.75, 3.05) is 0 Å². The predicted molar refractivity (Wildman–Crippen MR) is 124 cm³/mol. The molecule has 1 aliphatic heterocycles. The maximum atomic E-state index is 13.7. The summed E-state index contributed by atoms with van der Waals surface area (Å²) in [4.78, 5) is 15.3. The SMILES string of the molecule is C[C@H]1[C@@H](c2ccccc2)OC(=[Se])N1C(=O)C(OCc1ccccc1)C(O)c1ccccc1. The van der Waals surface area contributed by atoms with Crippen molar-refractivity contribution in [1.82, 2.24) is 4.90 Å². The van der Waals surface area contributed by atoms with E-state index in [1.54, 1.807) is 17.0 Å². The normalized spacial score (nSPS) is 19.9. The summed E-state index contributed by atoms with van der Waals surface area (Å²) >= 11 is 2.87. The fourth-order valence-corrected chi connectivity index (χ4v) is 4.62. The third kappa shape index (κ3) is 4.84. The van der Waals surface area contributed by atoms with E-state index in [9.17, 15) is 9.90 Å². The Hall–Kier alpha value is -2.76. The van der Waals surface area contributed by atoms with Crippen molar-refractivity contribution >= 4 is 26.2 Å². The molecule has 0 spiro atoms. The number of benzene rings is 3. The molecule has 4 rings (SSSR count). The Morgan fingerprint density at radius 3 is 2.19 bits per heavy atom. The molecular formula is C26H25NO4Se. The van der Waals surface area contributed by atoms with Gasteiger partial charge in [-0.2, -0.15) is 0 Å². The number of aliphatic hydroxyl groups excluding tert-OH is 1. The molecule has 1 N–H and O–H groups in total. The molecule has 3 aromatic rings. The van der Waals surface area contributed by atoms with Crippen LogP contribution in [0.15, 0.2) is 91.0 Å². The van der Waals surface area contributed by atoms with Crippen molar-refractivity contribution in [3.8, 4) is 0 Å². The van der Waals surface area contributed by atoms with Crippen LogP contribution in [0.3, 0.4) is 0 Å². The third-order valence-electron chi connectivity index (χ3n) is 5.58. The first-order valence-electron chi connectivity index (χ1n) is 10.5. The molecule has 1 heterocycles. The van der Waals surface area contributed by atoms with Crippen LogP contribution in [0.25, 0.3) is 0 Å². The Balaban J connectivity index is 1.59. The van der Waals surface area contributed by atoms with Crippen LogP contribution >= 0.6 is 0 Å². The molecule has 0 radical (unpaired) electrons. The Labute approximate surface area is 196 Å². The molecule has 0 saturated carbocycles. The van der Waals surface area contributed by atoms with E-state index in [0.29, 0.717) is 10.3 Å².